The Morgan fingerprint density at radius 1 is 0.625 bits per heavy atom. The average molecular weight is 437 g/mol. The molecule has 0 saturated heterocycles. The molecule has 0 aliphatic rings. The van der Waals surface area contributed by atoms with Gasteiger partial charge in [-0.2, -0.15) is 0 Å². The first-order chi connectivity index (χ1) is 11.7. The van der Waals surface area contributed by atoms with Crippen LogP contribution >= 0.6 is 46.1 Å². The third-order valence-electron chi connectivity index (χ3n) is 4.07. The van der Waals surface area contributed by atoms with Gasteiger partial charge in [0.1, 0.15) is 0 Å². The van der Waals surface area contributed by atoms with Crippen molar-refractivity contribution in [1.29, 1.82) is 0 Å². The normalized spacial score (nSPS) is 11.9. The zero-order valence-corrected chi connectivity index (χ0v) is 16.9. The van der Waals surface area contributed by atoms with Crippen LogP contribution in [0.3, 0.4) is 0 Å². The van der Waals surface area contributed by atoms with Crippen molar-refractivity contribution in [2.75, 3.05) is 0 Å². The van der Waals surface area contributed by atoms with Crippen LogP contribution < -0.4 is 15.9 Å². The largest absolute Gasteiger partial charge is 0.331 e. The molecule has 3 rings (SSSR count). The highest BCUT2D eigenvalue weighted by molar-refractivity contribution is 9.29. The Balaban J connectivity index is 2.37. The second kappa shape index (κ2) is 8.06. The second-order valence-corrected chi connectivity index (χ2v) is 11.8. The lowest BCUT2D eigenvalue weighted by atomic mass is 10.2. The smallest absolute Gasteiger partial charge is 0.196 e. The highest BCUT2D eigenvalue weighted by Gasteiger charge is 2.45. The molecule has 0 saturated carbocycles. The van der Waals surface area contributed by atoms with E-state index in [4.69, 9.17) is 23.2 Å². The van der Waals surface area contributed by atoms with Gasteiger partial charge in [-0.15, -0.1) is 23.2 Å². The van der Waals surface area contributed by atoms with Crippen molar-refractivity contribution in [3.63, 3.8) is 0 Å². The van der Waals surface area contributed by atoms with Gasteiger partial charge in [-0.25, -0.2) is 0 Å². The quantitative estimate of drug-likeness (QED) is 0.293. The molecule has 0 amide bonds. The van der Waals surface area contributed by atoms with Gasteiger partial charge >= 0.3 is 0 Å². The van der Waals surface area contributed by atoms with Gasteiger partial charge in [0.15, 0.2) is 5.26 Å². The summed E-state index contributed by atoms with van der Waals surface area (Å²) in [5.41, 5.74) is 0. The second-order valence-electron chi connectivity index (χ2n) is 5.44. The van der Waals surface area contributed by atoms with Crippen LogP contribution in [0.25, 0.3) is 0 Å². The fourth-order valence-corrected chi connectivity index (χ4v) is 10.2. The van der Waals surface area contributed by atoms with Crippen LogP contribution in [0.4, 0.5) is 0 Å². The van der Waals surface area contributed by atoms with Gasteiger partial charge in [0.25, 0.3) is 0 Å². The van der Waals surface area contributed by atoms with Crippen LogP contribution in [-0.2, 0) is 0 Å². The van der Waals surface area contributed by atoms with Crippen molar-refractivity contribution in [3.05, 3.63) is 91.0 Å². The van der Waals surface area contributed by atoms with E-state index in [1.54, 1.807) is 0 Å². The number of rotatable bonds is 5. The maximum Gasteiger partial charge on any atom is 0.196 e. The van der Waals surface area contributed by atoms with Crippen LogP contribution in [0.5, 0.6) is 0 Å². The number of hydrogen-bond acceptors (Lipinski definition) is 0. The van der Waals surface area contributed by atoms with Crippen LogP contribution in [0, 0.1) is 0 Å². The van der Waals surface area contributed by atoms with Crippen molar-refractivity contribution >= 4 is 67.3 Å². The third-order valence-corrected chi connectivity index (χ3v) is 12.3. The first-order valence-corrected chi connectivity index (χ1v) is 11.3. The number of benzene rings is 3. The number of alkyl halides is 2. The summed E-state index contributed by atoms with van der Waals surface area (Å²) in [4.78, 5) is 0. The minimum absolute atomic E-state index is 0.0828. The molecule has 0 N–H and O–H groups in total. The third kappa shape index (κ3) is 3.31. The highest BCUT2D eigenvalue weighted by Crippen LogP contribution is 2.61. The molecule has 1 radical (unpaired) electrons. The highest BCUT2D eigenvalue weighted by atomic mass is 79.9. The van der Waals surface area contributed by atoms with Gasteiger partial charge in [-0.05, 0) is 36.4 Å². The van der Waals surface area contributed by atoms with Crippen LogP contribution in [-0.4, -0.2) is 9.99 Å². The van der Waals surface area contributed by atoms with Gasteiger partial charge in [-0.3, -0.25) is 0 Å². The van der Waals surface area contributed by atoms with E-state index in [-0.39, 0.29) is 5.26 Å². The van der Waals surface area contributed by atoms with Gasteiger partial charge in [0, 0.05) is 4.74 Å². The van der Waals surface area contributed by atoms with Gasteiger partial charge in [0.05, 0.1) is 15.9 Å². The molecule has 0 aliphatic heterocycles. The Kier molecular flexibility index (Phi) is 6.05. The Morgan fingerprint density at radius 2 is 0.917 bits per heavy atom. The maximum atomic E-state index is 6.41. The number of hydrogen-bond donors (Lipinski definition) is 0. The molecule has 0 atom stereocenters. The first kappa shape index (κ1) is 18.0. The van der Waals surface area contributed by atoms with E-state index in [1.807, 2.05) is 18.2 Å². The van der Waals surface area contributed by atoms with E-state index < -0.39 is 11.9 Å². The van der Waals surface area contributed by atoms with E-state index in [2.05, 4.69) is 88.6 Å². The van der Waals surface area contributed by atoms with Crippen molar-refractivity contribution in [3.8, 4) is 0 Å². The molecule has 0 aliphatic carbocycles. The summed E-state index contributed by atoms with van der Waals surface area (Å²) < 4.78 is -0.529. The summed E-state index contributed by atoms with van der Waals surface area (Å²) in [6.07, 6.45) is 0. The van der Waals surface area contributed by atoms with E-state index >= 15 is 0 Å². The van der Waals surface area contributed by atoms with Crippen LogP contribution in [0.15, 0.2) is 91.0 Å². The lowest BCUT2D eigenvalue weighted by molar-refractivity contribution is 1.73. The Bertz CT molecular complexity index is 672. The first-order valence-electron chi connectivity index (χ1n) is 7.65. The van der Waals surface area contributed by atoms with Crippen LogP contribution in [0.1, 0.15) is 0 Å². The zero-order chi connectivity index (χ0) is 17.0. The number of halogens is 3. The average Bonchev–Trinajstić information content (AvgIpc) is 2.65. The molecule has 0 nitrogen and oxygen atoms in total. The summed E-state index contributed by atoms with van der Waals surface area (Å²) in [5.74, 6) is 0. The Morgan fingerprint density at radius 3 is 1.17 bits per heavy atom. The molecule has 0 bridgehead atoms. The summed E-state index contributed by atoms with van der Waals surface area (Å²) in [6.45, 7) is 0. The molecular formula is C19H16BBrCl2P. The predicted molar refractivity (Wildman–Crippen MR) is 115 cm³/mol. The molecule has 0 spiro atoms. The maximum absolute atomic E-state index is 6.41. The summed E-state index contributed by atoms with van der Waals surface area (Å²) >= 11 is 16.7. The minimum atomic E-state index is -2.05. The van der Waals surface area contributed by atoms with Gasteiger partial charge in [0.2, 0.25) is 0 Å². The molecule has 24 heavy (non-hydrogen) atoms. The SMILES string of the molecule is ClC(Cl)[B-](Br)[P+](c1ccccc1)(c1ccccc1)c1ccccc1. The minimum Gasteiger partial charge on any atom is -0.331 e. The van der Waals surface area contributed by atoms with Gasteiger partial charge in [-0.1, -0.05) is 61.7 Å². The van der Waals surface area contributed by atoms with E-state index in [0.717, 1.165) is 0 Å². The molecule has 0 aromatic heterocycles. The summed E-state index contributed by atoms with van der Waals surface area (Å²) in [5, 5.41) is 3.70. The molecule has 0 unspecified atom stereocenters. The molecule has 121 valence electrons. The fourth-order valence-electron chi connectivity index (χ4n) is 3.03. The summed E-state index contributed by atoms with van der Waals surface area (Å²) in [7, 11) is -2.05. The standard InChI is InChI=1S/C19H16BBrCl2P/c21-20(19(22)23)24(16-10-4-1-5-11-16,17-12-6-2-7-13-17)18-14-8-3-9-15-18/h1-15,19H. The zero-order valence-electron chi connectivity index (χ0n) is 12.9. The monoisotopic (exact) mass is 435 g/mol. The van der Waals surface area contributed by atoms with Crippen molar-refractivity contribution in [2.45, 2.75) is 4.74 Å². The molecule has 3 aromatic carbocycles. The van der Waals surface area contributed by atoms with Crippen molar-refractivity contribution < 1.29 is 0 Å². The topological polar surface area (TPSA) is 0 Å². The van der Waals surface area contributed by atoms with E-state index in [0.29, 0.717) is 0 Å². The van der Waals surface area contributed by atoms with Crippen LogP contribution in [0.2, 0.25) is 0 Å². The fraction of sp³-hybridized carbons (Fsp3) is 0.0526. The lowest BCUT2D eigenvalue weighted by Gasteiger charge is -2.41. The van der Waals surface area contributed by atoms with E-state index in [1.165, 1.54) is 15.9 Å². The summed E-state index contributed by atoms with van der Waals surface area (Å²) in [6, 6.07) is 31.6. The van der Waals surface area contributed by atoms with Crippen molar-refractivity contribution in [2.24, 2.45) is 0 Å². The Hall–Kier alpha value is -0.785. The predicted octanol–water partition coefficient (Wildman–Crippen LogP) is 5.21. The molecule has 5 heteroatoms. The van der Waals surface area contributed by atoms with Gasteiger partial charge < -0.3 is 15.8 Å². The van der Waals surface area contributed by atoms with E-state index in [9.17, 15) is 0 Å². The Labute approximate surface area is 162 Å². The molecular weight excluding hydrogens is 421 g/mol. The van der Waals surface area contributed by atoms with Crippen molar-refractivity contribution in [1.82, 2.24) is 0 Å². The molecule has 3 aromatic rings. The lowest BCUT2D eigenvalue weighted by Crippen LogP contribution is -2.41. The molecule has 0 heterocycles. The molecule has 0 fully saturated rings.